The molecule has 0 saturated heterocycles. The first-order valence-corrected chi connectivity index (χ1v) is 6.46. The molecule has 19 heavy (non-hydrogen) atoms. The monoisotopic (exact) mass is 292 g/mol. The van der Waals surface area contributed by atoms with E-state index in [-0.39, 0.29) is 0 Å². The molecule has 2 N–H and O–H groups in total. The van der Waals surface area contributed by atoms with Crippen LogP contribution in [0.4, 0.5) is 0 Å². The Morgan fingerprint density at radius 2 is 2.21 bits per heavy atom. The lowest BCUT2D eigenvalue weighted by Gasteiger charge is -2.03. The first-order chi connectivity index (χ1) is 9.10. The number of hydrazone groups is 1. The lowest BCUT2D eigenvalue weighted by Crippen LogP contribution is -2.28. The number of rotatable bonds is 2. The average molecular weight is 293 g/mol. The summed E-state index contributed by atoms with van der Waals surface area (Å²) in [5.74, 6) is 0. The van der Waals surface area contributed by atoms with Gasteiger partial charge in [-0.2, -0.15) is 5.10 Å². The number of pyridine rings is 1. The van der Waals surface area contributed by atoms with Crippen molar-refractivity contribution in [2.24, 2.45) is 5.10 Å². The number of aryl methyl sites for hydroxylation is 1. The van der Waals surface area contributed by atoms with Gasteiger partial charge in [-0.15, -0.1) is 0 Å². The van der Waals surface area contributed by atoms with E-state index in [0.717, 1.165) is 22.0 Å². The Morgan fingerprint density at radius 3 is 2.95 bits per heavy atom. The molecule has 0 unspecified atom stereocenters. The molecule has 0 atom stereocenters. The van der Waals surface area contributed by atoms with Gasteiger partial charge < -0.3 is 5.32 Å². The van der Waals surface area contributed by atoms with Crippen molar-refractivity contribution in [3.63, 3.8) is 0 Å². The fraction of sp³-hybridized carbons (Fsp3) is 0.154. The van der Waals surface area contributed by atoms with E-state index in [9.17, 15) is 0 Å². The Labute approximate surface area is 121 Å². The second kappa shape index (κ2) is 5.95. The number of fused-ring (bicyclic) bond motifs is 1. The number of hydrogen-bond acceptors (Lipinski definition) is 3. The molecule has 0 amide bonds. The largest absolute Gasteiger partial charge is 0.364 e. The summed E-state index contributed by atoms with van der Waals surface area (Å²) >= 11 is 11.0. The molecule has 0 fully saturated rings. The molecule has 0 aliphatic heterocycles. The van der Waals surface area contributed by atoms with Crippen LogP contribution >= 0.6 is 23.8 Å². The maximum absolute atomic E-state index is 6.13. The number of benzene rings is 1. The highest BCUT2D eigenvalue weighted by Crippen LogP contribution is 2.20. The van der Waals surface area contributed by atoms with Crippen LogP contribution in [-0.2, 0) is 0 Å². The predicted octanol–water partition coefficient (Wildman–Crippen LogP) is 2.62. The minimum Gasteiger partial charge on any atom is -0.364 e. The minimum atomic E-state index is 0.416. The van der Waals surface area contributed by atoms with Crippen molar-refractivity contribution < 1.29 is 0 Å². The second-order valence-electron chi connectivity index (χ2n) is 4.01. The van der Waals surface area contributed by atoms with Crippen LogP contribution in [0.3, 0.4) is 0 Å². The normalized spacial score (nSPS) is 10.9. The summed E-state index contributed by atoms with van der Waals surface area (Å²) in [6, 6.07) is 7.98. The third-order valence-electron chi connectivity index (χ3n) is 2.55. The summed E-state index contributed by atoms with van der Waals surface area (Å²) in [7, 11) is 1.72. The van der Waals surface area contributed by atoms with Gasteiger partial charge in [0.1, 0.15) is 5.15 Å². The fourth-order valence-electron chi connectivity index (χ4n) is 1.58. The molecule has 98 valence electrons. The summed E-state index contributed by atoms with van der Waals surface area (Å²) in [5, 5.41) is 8.63. The molecular weight excluding hydrogens is 280 g/mol. The second-order valence-corrected chi connectivity index (χ2v) is 4.78. The molecular formula is C13H13ClN4S. The maximum Gasteiger partial charge on any atom is 0.186 e. The van der Waals surface area contributed by atoms with E-state index in [1.54, 1.807) is 13.3 Å². The molecule has 0 aliphatic rings. The summed E-state index contributed by atoms with van der Waals surface area (Å²) in [6.45, 7) is 2.02. The molecule has 6 heteroatoms. The quantitative estimate of drug-likeness (QED) is 0.387. The lowest BCUT2D eigenvalue weighted by molar-refractivity contribution is 0.982. The molecule has 2 aromatic rings. The number of nitrogens with one attached hydrogen (secondary N) is 2. The zero-order valence-corrected chi connectivity index (χ0v) is 12.1. The number of aromatic nitrogens is 1. The number of nitrogens with zero attached hydrogens (tertiary/aromatic N) is 2. The van der Waals surface area contributed by atoms with Crippen molar-refractivity contribution in [3.05, 3.63) is 40.5 Å². The van der Waals surface area contributed by atoms with Crippen LogP contribution in [-0.4, -0.2) is 23.4 Å². The Morgan fingerprint density at radius 1 is 1.42 bits per heavy atom. The van der Waals surface area contributed by atoms with Crippen molar-refractivity contribution in [1.29, 1.82) is 0 Å². The van der Waals surface area contributed by atoms with Crippen molar-refractivity contribution >= 4 is 46.0 Å². The molecule has 0 radical (unpaired) electrons. The van der Waals surface area contributed by atoms with Crippen LogP contribution in [0.1, 0.15) is 11.1 Å². The van der Waals surface area contributed by atoms with Crippen molar-refractivity contribution in [2.75, 3.05) is 7.05 Å². The highest BCUT2D eigenvalue weighted by molar-refractivity contribution is 7.80. The highest BCUT2D eigenvalue weighted by Gasteiger charge is 2.03. The van der Waals surface area contributed by atoms with Gasteiger partial charge in [0.15, 0.2) is 5.11 Å². The standard InChI is InChI=1S/C13H13ClN4S/c1-8-3-4-9-6-10(7-16-18-13(19)15-2)12(14)17-11(9)5-8/h3-7H,1-2H3,(H2,15,18,19)/b16-7+. The van der Waals surface area contributed by atoms with Gasteiger partial charge in [-0.3, -0.25) is 5.43 Å². The fourth-order valence-corrected chi connectivity index (χ4v) is 1.82. The third kappa shape index (κ3) is 3.39. The SMILES string of the molecule is CNC(=S)N/N=C/c1cc2ccc(C)cc2nc1Cl. The van der Waals surface area contributed by atoms with Crippen LogP contribution in [0.2, 0.25) is 5.15 Å². The van der Waals surface area contributed by atoms with Gasteiger partial charge in [0, 0.05) is 18.0 Å². The summed E-state index contributed by atoms with van der Waals surface area (Å²) in [4.78, 5) is 4.35. The molecule has 1 aromatic heterocycles. The Hall–Kier alpha value is -1.72. The predicted molar refractivity (Wildman–Crippen MR) is 83.9 cm³/mol. The minimum absolute atomic E-state index is 0.416. The summed E-state index contributed by atoms with van der Waals surface area (Å²) in [5.41, 5.74) is 5.44. The van der Waals surface area contributed by atoms with Crippen LogP contribution in [0.15, 0.2) is 29.4 Å². The Balaban J connectivity index is 2.31. The van der Waals surface area contributed by atoms with E-state index in [4.69, 9.17) is 23.8 Å². The summed E-state index contributed by atoms with van der Waals surface area (Å²) in [6.07, 6.45) is 1.60. The van der Waals surface area contributed by atoms with E-state index >= 15 is 0 Å². The topological polar surface area (TPSA) is 49.3 Å². The molecule has 0 bridgehead atoms. The molecule has 4 nitrogen and oxygen atoms in total. The van der Waals surface area contributed by atoms with Gasteiger partial charge in [-0.25, -0.2) is 4.98 Å². The van der Waals surface area contributed by atoms with Crippen LogP contribution < -0.4 is 10.7 Å². The van der Waals surface area contributed by atoms with E-state index < -0.39 is 0 Å². The van der Waals surface area contributed by atoms with E-state index in [2.05, 4.69) is 20.8 Å². The van der Waals surface area contributed by atoms with Gasteiger partial charge in [-0.1, -0.05) is 23.7 Å². The van der Waals surface area contributed by atoms with Crippen molar-refractivity contribution in [3.8, 4) is 0 Å². The van der Waals surface area contributed by atoms with Gasteiger partial charge >= 0.3 is 0 Å². The van der Waals surface area contributed by atoms with Crippen LogP contribution in [0.5, 0.6) is 0 Å². The number of thiocarbonyl (C=S) groups is 1. The van der Waals surface area contributed by atoms with E-state index in [1.165, 1.54) is 0 Å². The first-order valence-electron chi connectivity index (χ1n) is 5.68. The smallest absolute Gasteiger partial charge is 0.186 e. The molecule has 0 saturated carbocycles. The van der Waals surface area contributed by atoms with Crippen LogP contribution in [0.25, 0.3) is 10.9 Å². The van der Waals surface area contributed by atoms with Gasteiger partial charge in [0.25, 0.3) is 0 Å². The molecule has 0 aliphatic carbocycles. The van der Waals surface area contributed by atoms with Crippen LogP contribution in [0, 0.1) is 6.92 Å². The zero-order valence-electron chi connectivity index (χ0n) is 10.6. The van der Waals surface area contributed by atoms with Gasteiger partial charge in [0.2, 0.25) is 0 Å². The van der Waals surface area contributed by atoms with Gasteiger partial charge in [0.05, 0.1) is 11.7 Å². The van der Waals surface area contributed by atoms with E-state index in [1.807, 2.05) is 31.2 Å². The van der Waals surface area contributed by atoms with Gasteiger partial charge in [-0.05, 0) is 36.8 Å². The van der Waals surface area contributed by atoms with Crippen molar-refractivity contribution in [2.45, 2.75) is 6.92 Å². The molecule has 0 spiro atoms. The maximum atomic E-state index is 6.13. The summed E-state index contributed by atoms with van der Waals surface area (Å²) < 4.78 is 0. The van der Waals surface area contributed by atoms with E-state index in [0.29, 0.717) is 10.3 Å². The van der Waals surface area contributed by atoms with Crippen molar-refractivity contribution in [1.82, 2.24) is 15.7 Å². The molecule has 2 rings (SSSR count). The first kappa shape index (κ1) is 13.7. The zero-order chi connectivity index (χ0) is 13.8. The number of halogens is 1. The molecule has 1 heterocycles. The average Bonchev–Trinajstić information content (AvgIpc) is 2.39. The highest BCUT2D eigenvalue weighted by atomic mass is 35.5. The molecule has 1 aromatic carbocycles. The Bertz CT molecular complexity index is 654. The lowest BCUT2D eigenvalue weighted by atomic mass is 10.1. The Kier molecular flexibility index (Phi) is 4.29. The third-order valence-corrected chi connectivity index (χ3v) is 3.15. The number of hydrogen-bond donors (Lipinski definition) is 2.